The van der Waals surface area contributed by atoms with Crippen LogP contribution in [0.2, 0.25) is 0 Å². The molecule has 1 rings (SSSR count). The lowest BCUT2D eigenvalue weighted by Crippen LogP contribution is -2.31. The maximum absolute atomic E-state index is 5.97. The summed E-state index contributed by atoms with van der Waals surface area (Å²) in [5, 5.41) is 3.52. The molecule has 1 unspecified atom stereocenters. The number of nitrogens with one attached hydrogen (secondary N) is 1. The Labute approximate surface area is 128 Å². The molecule has 0 amide bonds. The highest BCUT2D eigenvalue weighted by Crippen LogP contribution is 2.34. The molecule has 0 aromatic heterocycles. The SMILES string of the molecule is CCCNC(COC(C)(C)C)c1c(OC)cccc1OC. The molecule has 0 aliphatic heterocycles. The molecule has 1 aromatic carbocycles. The summed E-state index contributed by atoms with van der Waals surface area (Å²) in [7, 11) is 3.36. The van der Waals surface area contributed by atoms with Crippen LogP contribution >= 0.6 is 0 Å². The molecule has 120 valence electrons. The van der Waals surface area contributed by atoms with E-state index >= 15 is 0 Å². The minimum absolute atomic E-state index is 0.0373. The van der Waals surface area contributed by atoms with E-state index in [1.54, 1.807) is 14.2 Å². The smallest absolute Gasteiger partial charge is 0.127 e. The van der Waals surface area contributed by atoms with Gasteiger partial charge in [-0.25, -0.2) is 0 Å². The molecule has 4 nitrogen and oxygen atoms in total. The van der Waals surface area contributed by atoms with Gasteiger partial charge in [-0.3, -0.25) is 0 Å². The fraction of sp³-hybridized carbons (Fsp3) is 0.647. The van der Waals surface area contributed by atoms with Crippen LogP contribution < -0.4 is 14.8 Å². The number of hydrogen-bond acceptors (Lipinski definition) is 4. The Morgan fingerprint density at radius 3 is 2.10 bits per heavy atom. The van der Waals surface area contributed by atoms with E-state index in [0.29, 0.717) is 6.61 Å². The second-order valence-electron chi connectivity index (χ2n) is 6.01. The molecule has 21 heavy (non-hydrogen) atoms. The molecule has 4 heteroatoms. The average molecular weight is 295 g/mol. The minimum Gasteiger partial charge on any atom is -0.496 e. The first kappa shape index (κ1) is 17.8. The zero-order valence-corrected chi connectivity index (χ0v) is 14.2. The first-order chi connectivity index (χ1) is 9.92. The first-order valence-corrected chi connectivity index (χ1v) is 7.51. The summed E-state index contributed by atoms with van der Waals surface area (Å²) in [5.41, 5.74) is 0.835. The van der Waals surface area contributed by atoms with Crippen molar-refractivity contribution in [2.75, 3.05) is 27.4 Å². The molecule has 0 heterocycles. The molecule has 1 atom stereocenters. The third-order valence-electron chi connectivity index (χ3n) is 3.14. The minimum atomic E-state index is -0.179. The highest BCUT2D eigenvalue weighted by molar-refractivity contribution is 5.47. The Morgan fingerprint density at radius 1 is 1.10 bits per heavy atom. The van der Waals surface area contributed by atoms with Crippen LogP contribution in [0.3, 0.4) is 0 Å². The number of benzene rings is 1. The average Bonchev–Trinajstić information content (AvgIpc) is 2.45. The van der Waals surface area contributed by atoms with Crippen LogP contribution in [0.25, 0.3) is 0 Å². The van der Waals surface area contributed by atoms with Crippen LogP contribution in [0.5, 0.6) is 11.5 Å². The highest BCUT2D eigenvalue weighted by Gasteiger charge is 2.23. The van der Waals surface area contributed by atoms with Gasteiger partial charge in [0, 0.05) is 0 Å². The van der Waals surface area contributed by atoms with Crippen molar-refractivity contribution in [2.45, 2.75) is 45.8 Å². The molecule has 1 N–H and O–H groups in total. The van der Waals surface area contributed by atoms with Gasteiger partial charge in [-0.2, -0.15) is 0 Å². The van der Waals surface area contributed by atoms with Crippen LogP contribution in [-0.2, 0) is 4.74 Å². The van der Waals surface area contributed by atoms with E-state index in [9.17, 15) is 0 Å². The van der Waals surface area contributed by atoms with Gasteiger partial charge in [0.1, 0.15) is 11.5 Å². The van der Waals surface area contributed by atoms with Crippen LogP contribution in [-0.4, -0.2) is 33.0 Å². The van der Waals surface area contributed by atoms with Crippen molar-refractivity contribution < 1.29 is 14.2 Å². The van der Waals surface area contributed by atoms with Crippen molar-refractivity contribution in [2.24, 2.45) is 0 Å². The molecule has 0 aliphatic carbocycles. The molecular weight excluding hydrogens is 266 g/mol. The van der Waals surface area contributed by atoms with E-state index in [1.165, 1.54) is 0 Å². The largest absolute Gasteiger partial charge is 0.496 e. The van der Waals surface area contributed by atoms with Gasteiger partial charge in [-0.1, -0.05) is 13.0 Å². The Bertz CT molecular complexity index is 404. The highest BCUT2D eigenvalue weighted by atomic mass is 16.5. The lowest BCUT2D eigenvalue weighted by molar-refractivity contribution is -0.0153. The molecule has 0 aliphatic rings. The monoisotopic (exact) mass is 295 g/mol. The fourth-order valence-corrected chi connectivity index (χ4v) is 2.12. The van der Waals surface area contributed by atoms with E-state index in [2.05, 4.69) is 33.0 Å². The fourth-order valence-electron chi connectivity index (χ4n) is 2.12. The summed E-state index contributed by atoms with van der Waals surface area (Å²) in [6.45, 7) is 9.81. The predicted molar refractivity (Wildman–Crippen MR) is 86.3 cm³/mol. The van der Waals surface area contributed by atoms with Crippen LogP contribution in [0.1, 0.15) is 45.7 Å². The number of methoxy groups -OCH3 is 2. The molecule has 0 saturated carbocycles. The molecular formula is C17H29NO3. The maximum Gasteiger partial charge on any atom is 0.127 e. The van der Waals surface area contributed by atoms with E-state index in [-0.39, 0.29) is 11.6 Å². The first-order valence-electron chi connectivity index (χ1n) is 7.51. The number of ether oxygens (including phenoxy) is 3. The summed E-state index contributed by atoms with van der Waals surface area (Å²) < 4.78 is 17.0. The third-order valence-corrected chi connectivity index (χ3v) is 3.14. The summed E-state index contributed by atoms with van der Waals surface area (Å²) in [5.74, 6) is 1.64. The van der Waals surface area contributed by atoms with Crippen molar-refractivity contribution in [3.8, 4) is 11.5 Å². The van der Waals surface area contributed by atoms with Crippen molar-refractivity contribution in [3.63, 3.8) is 0 Å². The van der Waals surface area contributed by atoms with Gasteiger partial charge in [0.05, 0.1) is 38.0 Å². The Morgan fingerprint density at radius 2 is 1.67 bits per heavy atom. The summed E-state index contributed by atoms with van der Waals surface area (Å²) in [6, 6.07) is 5.88. The van der Waals surface area contributed by atoms with E-state index in [4.69, 9.17) is 14.2 Å². The standard InChI is InChI=1S/C17H29NO3/c1-7-11-18-13(12-21-17(2,3)4)16-14(19-5)9-8-10-15(16)20-6/h8-10,13,18H,7,11-12H2,1-6H3. The molecule has 0 bridgehead atoms. The van der Waals surface area contributed by atoms with Gasteiger partial charge in [0.15, 0.2) is 0 Å². The summed E-state index contributed by atoms with van der Waals surface area (Å²) in [6.07, 6.45) is 1.06. The van der Waals surface area contributed by atoms with Gasteiger partial charge in [-0.15, -0.1) is 0 Å². The number of hydrogen-bond donors (Lipinski definition) is 1. The number of rotatable bonds is 8. The van der Waals surface area contributed by atoms with Gasteiger partial charge in [0.2, 0.25) is 0 Å². The second-order valence-corrected chi connectivity index (χ2v) is 6.01. The lowest BCUT2D eigenvalue weighted by Gasteiger charge is -2.27. The Balaban J connectivity index is 3.06. The zero-order valence-electron chi connectivity index (χ0n) is 14.2. The van der Waals surface area contributed by atoms with Gasteiger partial charge < -0.3 is 19.5 Å². The van der Waals surface area contributed by atoms with Crippen LogP contribution in [0, 0.1) is 0 Å². The van der Waals surface area contributed by atoms with Gasteiger partial charge >= 0.3 is 0 Å². The molecule has 0 fully saturated rings. The van der Waals surface area contributed by atoms with Crippen molar-refractivity contribution >= 4 is 0 Å². The molecule has 0 radical (unpaired) electrons. The third kappa shape index (κ3) is 5.56. The quantitative estimate of drug-likeness (QED) is 0.796. The van der Waals surface area contributed by atoms with Gasteiger partial charge in [-0.05, 0) is 45.9 Å². The molecule has 1 aromatic rings. The van der Waals surface area contributed by atoms with E-state index in [0.717, 1.165) is 30.0 Å². The summed E-state index contributed by atoms with van der Waals surface area (Å²) in [4.78, 5) is 0. The van der Waals surface area contributed by atoms with Crippen LogP contribution in [0.15, 0.2) is 18.2 Å². The summed E-state index contributed by atoms with van der Waals surface area (Å²) >= 11 is 0. The lowest BCUT2D eigenvalue weighted by atomic mass is 10.0. The van der Waals surface area contributed by atoms with E-state index in [1.807, 2.05) is 18.2 Å². The topological polar surface area (TPSA) is 39.7 Å². The van der Waals surface area contributed by atoms with E-state index < -0.39 is 0 Å². The predicted octanol–water partition coefficient (Wildman–Crippen LogP) is 3.56. The molecule has 0 spiro atoms. The maximum atomic E-state index is 5.97. The molecule has 0 saturated heterocycles. The Kier molecular flexibility index (Phi) is 6.99. The Hall–Kier alpha value is -1.26. The van der Waals surface area contributed by atoms with Gasteiger partial charge in [0.25, 0.3) is 0 Å². The van der Waals surface area contributed by atoms with Crippen molar-refractivity contribution in [1.29, 1.82) is 0 Å². The van der Waals surface area contributed by atoms with Crippen molar-refractivity contribution in [3.05, 3.63) is 23.8 Å². The van der Waals surface area contributed by atoms with Crippen molar-refractivity contribution in [1.82, 2.24) is 5.32 Å². The second kappa shape index (κ2) is 8.25. The zero-order chi connectivity index (χ0) is 15.9. The normalized spacial score (nSPS) is 13.0. The van der Waals surface area contributed by atoms with Crippen LogP contribution in [0.4, 0.5) is 0 Å².